The highest BCUT2D eigenvalue weighted by Crippen LogP contribution is 2.35. The molecule has 0 radical (unpaired) electrons. The Morgan fingerprint density at radius 2 is 1.79 bits per heavy atom. The van der Waals surface area contributed by atoms with Gasteiger partial charge in [-0.25, -0.2) is 4.98 Å². The van der Waals surface area contributed by atoms with Gasteiger partial charge < -0.3 is 14.5 Å². The van der Waals surface area contributed by atoms with E-state index in [0.717, 1.165) is 11.9 Å². The third-order valence-corrected chi connectivity index (χ3v) is 6.41. The summed E-state index contributed by atoms with van der Waals surface area (Å²) in [6, 6.07) is 14.2. The van der Waals surface area contributed by atoms with Crippen molar-refractivity contribution in [3.63, 3.8) is 0 Å². The molecule has 0 fully saturated rings. The fraction of sp³-hybridized carbons (Fsp3) is 0.200. The smallest absolute Gasteiger partial charge is 0.255 e. The van der Waals surface area contributed by atoms with Crippen molar-refractivity contribution in [3.05, 3.63) is 74.7 Å². The fourth-order valence-electron chi connectivity index (χ4n) is 3.44. The summed E-state index contributed by atoms with van der Waals surface area (Å²) in [4.78, 5) is 17.5. The minimum absolute atomic E-state index is 0.234. The number of anilines is 1. The quantitative estimate of drug-likeness (QED) is 0.288. The fourth-order valence-corrected chi connectivity index (χ4v) is 4.25. The number of carbonyl (C=O) groups excluding carboxylic acids is 1. The van der Waals surface area contributed by atoms with Crippen molar-refractivity contribution >= 4 is 57.5 Å². The Bertz CT molecular complexity index is 1330. The van der Waals surface area contributed by atoms with Gasteiger partial charge in [0.15, 0.2) is 11.3 Å². The van der Waals surface area contributed by atoms with Crippen LogP contribution >= 0.6 is 34.8 Å². The lowest BCUT2D eigenvalue weighted by atomic mass is 9.98. The molecule has 8 heteroatoms. The molecule has 1 heterocycles. The topological polar surface area (TPSA) is 64.4 Å². The summed E-state index contributed by atoms with van der Waals surface area (Å²) >= 11 is 18.7. The molecule has 1 atom stereocenters. The number of hydrogen-bond acceptors (Lipinski definition) is 4. The van der Waals surface area contributed by atoms with Crippen LogP contribution in [0.5, 0.6) is 5.75 Å². The van der Waals surface area contributed by atoms with Crippen molar-refractivity contribution in [1.82, 2.24) is 4.98 Å². The summed E-state index contributed by atoms with van der Waals surface area (Å²) in [7, 11) is 1.45. The van der Waals surface area contributed by atoms with Gasteiger partial charge >= 0.3 is 0 Å². The maximum absolute atomic E-state index is 12.8. The second kappa shape index (κ2) is 9.64. The van der Waals surface area contributed by atoms with E-state index < -0.39 is 5.91 Å². The van der Waals surface area contributed by atoms with Gasteiger partial charge in [0.25, 0.3) is 5.91 Å². The first-order chi connectivity index (χ1) is 15.8. The summed E-state index contributed by atoms with van der Waals surface area (Å²) in [5.74, 6) is 0.763. The lowest BCUT2D eigenvalue weighted by molar-refractivity contribution is 0.102. The maximum atomic E-state index is 12.8. The zero-order valence-corrected chi connectivity index (χ0v) is 20.5. The number of nitrogens with zero attached hydrogens (tertiary/aromatic N) is 1. The van der Waals surface area contributed by atoms with Crippen LogP contribution in [0.15, 0.2) is 52.9 Å². The van der Waals surface area contributed by atoms with Crippen LogP contribution < -0.4 is 10.1 Å². The van der Waals surface area contributed by atoms with E-state index in [1.807, 2.05) is 12.1 Å². The van der Waals surface area contributed by atoms with Crippen molar-refractivity contribution < 1.29 is 13.9 Å². The van der Waals surface area contributed by atoms with Gasteiger partial charge in [-0.3, -0.25) is 4.79 Å². The van der Waals surface area contributed by atoms with Crippen LogP contribution in [-0.2, 0) is 0 Å². The number of fused-ring (bicyclic) bond motifs is 1. The second-order valence-electron chi connectivity index (χ2n) is 7.68. The highest BCUT2D eigenvalue weighted by Gasteiger charge is 2.17. The number of rotatable bonds is 6. The number of amides is 1. The number of hydrogen-bond donors (Lipinski definition) is 1. The van der Waals surface area contributed by atoms with Crippen LogP contribution in [0.2, 0.25) is 15.1 Å². The van der Waals surface area contributed by atoms with Crippen LogP contribution in [0.3, 0.4) is 0 Å². The summed E-state index contributed by atoms with van der Waals surface area (Å²) in [5, 5.41) is 3.63. The van der Waals surface area contributed by atoms with Crippen molar-refractivity contribution in [3.8, 4) is 17.2 Å². The minimum atomic E-state index is -0.420. The first-order valence-electron chi connectivity index (χ1n) is 10.4. The Balaban J connectivity index is 1.64. The molecule has 33 heavy (non-hydrogen) atoms. The van der Waals surface area contributed by atoms with E-state index in [4.69, 9.17) is 44.0 Å². The van der Waals surface area contributed by atoms with E-state index in [1.165, 1.54) is 24.8 Å². The monoisotopic (exact) mass is 502 g/mol. The maximum Gasteiger partial charge on any atom is 0.255 e. The molecule has 4 rings (SSSR count). The molecule has 1 unspecified atom stereocenters. The lowest BCUT2D eigenvalue weighted by Gasteiger charge is -2.11. The molecule has 0 bridgehead atoms. The lowest BCUT2D eigenvalue weighted by Crippen LogP contribution is -2.12. The van der Waals surface area contributed by atoms with Crippen molar-refractivity contribution in [2.24, 2.45) is 0 Å². The van der Waals surface area contributed by atoms with E-state index in [1.54, 1.807) is 18.2 Å². The Morgan fingerprint density at radius 3 is 2.45 bits per heavy atom. The summed E-state index contributed by atoms with van der Waals surface area (Å²) < 4.78 is 11.1. The summed E-state index contributed by atoms with van der Waals surface area (Å²) in [5.41, 5.74) is 4.05. The number of benzene rings is 3. The number of aromatic nitrogens is 1. The van der Waals surface area contributed by atoms with Crippen LogP contribution in [0.4, 0.5) is 5.69 Å². The van der Waals surface area contributed by atoms with Crippen LogP contribution in [0.1, 0.15) is 42.1 Å². The molecule has 170 valence electrons. The number of methoxy groups -OCH3 is 1. The van der Waals surface area contributed by atoms with Gasteiger partial charge in [0, 0.05) is 11.1 Å². The SMILES string of the molecule is CCC(C)c1ccc2oc(-c3ccc(Cl)c(NC(=O)c4cc(Cl)c(OC)c(Cl)c4)c3)nc2c1. The molecule has 3 aromatic carbocycles. The highest BCUT2D eigenvalue weighted by molar-refractivity contribution is 6.38. The molecular weight excluding hydrogens is 483 g/mol. The predicted molar refractivity (Wildman–Crippen MR) is 134 cm³/mol. The van der Waals surface area contributed by atoms with Crippen molar-refractivity contribution in [1.29, 1.82) is 0 Å². The molecule has 0 spiro atoms. The molecule has 1 aromatic heterocycles. The summed E-state index contributed by atoms with van der Waals surface area (Å²) in [6.07, 6.45) is 1.04. The molecule has 0 saturated heterocycles. The number of oxazole rings is 1. The van der Waals surface area contributed by atoms with E-state index in [0.29, 0.717) is 39.4 Å². The first-order valence-corrected chi connectivity index (χ1v) is 11.5. The molecular formula is C25H21Cl3N2O3. The van der Waals surface area contributed by atoms with Gasteiger partial charge in [-0.1, -0.05) is 54.7 Å². The average molecular weight is 504 g/mol. The molecule has 4 aromatic rings. The number of nitrogens with one attached hydrogen (secondary N) is 1. The van der Waals surface area contributed by atoms with Crippen LogP contribution in [0, 0.1) is 0 Å². The number of ether oxygens (including phenoxy) is 1. The predicted octanol–water partition coefficient (Wildman–Crippen LogP) is 8.23. The van der Waals surface area contributed by atoms with Crippen LogP contribution in [-0.4, -0.2) is 18.0 Å². The van der Waals surface area contributed by atoms with E-state index in [-0.39, 0.29) is 15.6 Å². The van der Waals surface area contributed by atoms with Gasteiger partial charge in [0.1, 0.15) is 5.52 Å². The number of halogens is 3. The zero-order valence-electron chi connectivity index (χ0n) is 18.2. The Kier molecular flexibility index (Phi) is 6.84. The third-order valence-electron chi connectivity index (χ3n) is 5.52. The zero-order chi connectivity index (χ0) is 23.7. The molecule has 0 aliphatic heterocycles. The van der Waals surface area contributed by atoms with E-state index in [9.17, 15) is 4.79 Å². The Hall–Kier alpha value is -2.73. The summed E-state index contributed by atoms with van der Waals surface area (Å²) in [6.45, 7) is 4.33. The Morgan fingerprint density at radius 1 is 1.06 bits per heavy atom. The van der Waals surface area contributed by atoms with Crippen molar-refractivity contribution in [2.45, 2.75) is 26.2 Å². The van der Waals surface area contributed by atoms with Crippen molar-refractivity contribution in [2.75, 3.05) is 12.4 Å². The van der Waals surface area contributed by atoms with E-state index >= 15 is 0 Å². The molecule has 1 amide bonds. The van der Waals surface area contributed by atoms with Gasteiger partial charge in [-0.05, 0) is 60.4 Å². The molecule has 0 saturated carbocycles. The molecule has 1 N–H and O–H groups in total. The van der Waals surface area contributed by atoms with Gasteiger partial charge in [-0.15, -0.1) is 0 Å². The standard InChI is InChI=1S/C25H21Cl3N2O3/c1-4-13(2)14-6-8-22-21(11-14)30-25(33-22)15-5-7-17(26)20(12-15)29-24(31)16-9-18(27)23(32-3)19(28)10-16/h5-13H,4H2,1-3H3,(H,29,31). The van der Waals surface area contributed by atoms with E-state index in [2.05, 4.69) is 30.2 Å². The molecule has 0 aliphatic carbocycles. The largest absolute Gasteiger partial charge is 0.494 e. The van der Waals surface area contributed by atoms with Gasteiger partial charge in [0.2, 0.25) is 5.89 Å². The second-order valence-corrected chi connectivity index (χ2v) is 8.90. The molecule has 5 nitrogen and oxygen atoms in total. The third kappa shape index (κ3) is 4.81. The van der Waals surface area contributed by atoms with Gasteiger partial charge in [-0.2, -0.15) is 0 Å². The number of carbonyl (C=O) groups is 1. The Labute approximate surface area is 206 Å². The molecule has 0 aliphatic rings. The normalized spacial score (nSPS) is 12.1. The van der Waals surface area contributed by atoms with Crippen LogP contribution in [0.25, 0.3) is 22.6 Å². The average Bonchev–Trinajstić information content (AvgIpc) is 3.23. The first kappa shape index (κ1) is 23.4. The highest BCUT2D eigenvalue weighted by atomic mass is 35.5. The minimum Gasteiger partial charge on any atom is -0.494 e. The van der Waals surface area contributed by atoms with Gasteiger partial charge in [0.05, 0.1) is 27.9 Å².